The molecule has 1 unspecified atom stereocenters. The highest BCUT2D eigenvalue weighted by Gasteiger charge is 2.38. The fraction of sp³-hybridized carbons (Fsp3) is 1.00. The first-order valence-electron chi connectivity index (χ1n) is 6.14. The van der Waals surface area contributed by atoms with Gasteiger partial charge in [0.1, 0.15) is 5.37 Å². The maximum absolute atomic E-state index is 11.7. The fourth-order valence-corrected chi connectivity index (χ4v) is 5.70. The molecule has 0 spiro atoms. The molecule has 1 saturated carbocycles. The van der Waals surface area contributed by atoms with E-state index >= 15 is 0 Å². The molecule has 0 bridgehead atoms. The van der Waals surface area contributed by atoms with Crippen molar-refractivity contribution in [2.24, 2.45) is 0 Å². The second-order valence-corrected chi connectivity index (χ2v) is 8.61. The van der Waals surface area contributed by atoms with Crippen LogP contribution < -0.4 is 0 Å². The molecule has 2 rings (SSSR count). The zero-order valence-electron chi connectivity index (χ0n) is 10.3. The zero-order chi connectivity index (χ0) is 12.5. The summed E-state index contributed by atoms with van der Waals surface area (Å²) in [6.45, 7) is 1.29. The van der Waals surface area contributed by atoms with Gasteiger partial charge in [0.15, 0.2) is 9.84 Å². The SMILES string of the molecule is CS(=O)(=O)C1CSCCN1CC1(O)CCCC1. The molecular weight excluding hydrogens is 258 g/mol. The maximum Gasteiger partial charge on any atom is 0.164 e. The van der Waals surface area contributed by atoms with E-state index in [1.165, 1.54) is 6.26 Å². The summed E-state index contributed by atoms with van der Waals surface area (Å²) < 4.78 is 23.5. The summed E-state index contributed by atoms with van der Waals surface area (Å²) in [7, 11) is -3.05. The molecule has 0 aromatic rings. The highest BCUT2D eigenvalue weighted by atomic mass is 32.2. The molecule has 0 amide bonds. The quantitative estimate of drug-likeness (QED) is 0.824. The van der Waals surface area contributed by atoms with Crippen LogP contribution in [0.25, 0.3) is 0 Å². The van der Waals surface area contributed by atoms with Crippen LogP contribution >= 0.6 is 11.8 Å². The van der Waals surface area contributed by atoms with Gasteiger partial charge in [-0.15, -0.1) is 0 Å². The molecule has 0 aromatic carbocycles. The molecule has 6 heteroatoms. The Hall–Kier alpha value is 0.220. The van der Waals surface area contributed by atoms with Crippen molar-refractivity contribution < 1.29 is 13.5 Å². The normalized spacial score (nSPS) is 30.6. The van der Waals surface area contributed by atoms with E-state index in [9.17, 15) is 13.5 Å². The van der Waals surface area contributed by atoms with E-state index in [-0.39, 0.29) is 0 Å². The number of nitrogens with zero attached hydrogens (tertiary/aromatic N) is 1. The predicted molar refractivity (Wildman–Crippen MR) is 70.9 cm³/mol. The zero-order valence-corrected chi connectivity index (χ0v) is 11.9. The molecule has 1 aliphatic carbocycles. The van der Waals surface area contributed by atoms with Crippen molar-refractivity contribution in [2.45, 2.75) is 36.7 Å². The number of hydrogen-bond donors (Lipinski definition) is 1. The van der Waals surface area contributed by atoms with Crippen molar-refractivity contribution in [1.82, 2.24) is 4.90 Å². The van der Waals surface area contributed by atoms with Crippen LogP contribution in [0.4, 0.5) is 0 Å². The minimum atomic E-state index is -3.05. The van der Waals surface area contributed by atoms with Crippen molar-refractivity contribution in [1.29, 1.82) is 0 Å². The third kappa shape index (κ3) is 3.36. The summed E-state index contributed by atoms with van der Waals surface area (Å²) in [6, 6.07) is 0. The van der Waals surface area contributed by atoms with Crippen LogP contribution in [0.15, 0.2) is 0 Å². The van der Waals surface area contributed by atoms with E-state index in [0.29, 0.717) is 12.3 Å². The number of β-amino-alcohol motifs (C(OH)–C–C–N with tert-alkyl or cyclic N) is 1. The number of thioether (sulfide) groups is 1. The van der Waals surface area contributed by atoms with E-state index in [0.717, 1.165) is 38.0 Å². The Morgan fingerprint density at radius 1 is 1.41 bits per heavy atom. The van der Waals surface area contributed by atoms with Crippen LogP contribution in [0.2, 0.25) is 0 Å². The molecule has 2 fully saturated rings. The van der Waals surface area contributed by atoms with Gasteiger partial charge in [-0.05, 0) is 12.8 Å². The van der Waals surface area contributed by atoms with Gasteiger partial charge < -0.3 is 5.11 Å². The van der Waals surface area contributed by atoms with Gasteiger partial charge in [-0.3, -0.25) is 4.90 Å². The van der Waals surface area contributed by atoms with E-state index in [1.807, 2.05) is 4.90 Å². The Labute approximate surface area is 108 Å². The first-order valence-corrected chi connectivity index (χ1v) is 9.25. The van der Waals surface area contributed by atoms with Crippen molar-refractivity contribution >= 4 is 21.6 Å². The van der Waals surface area contributed by atoms with E-state index in [4.69, 9.17) is 0 Å². The summed E-state index contributed by atoms with van der Waals surface area (Å²) >= 11 is 1.69. The van der Waals surface area contributed by atoms with Crippen molar-refractivity contribution in [3.8, 4) is 0 Å². The molecule has 0 radical (unpaired) electrons. The molecule has 1 N–H and O–H groups in total. The molecule has 1 atom stereocenters. The highest BCUT2D eigenvalue weighted by molar-refractivity contribution is 8.00. The molecule has 1 heterocycles. The highest BCUT2D eigenvalue weighted by Crippen LogP contribution is 2.32. The first-order chi connectivity index (χ1) is 7.91. The molecule has 17 heavy (non-hydrogen) atoms. The summed E-state index contributed by atoms with van der Waals surface area (Å²) in [5.41, 5.74) is -0.648. The van der Waals surface area contributed by atoms with Crippen LogP contribution in [0.5, 0.6) is 0 Å². The van der Waals surface area contributed by atoms with Gasteiger partial charge in [-0.1, -0.05) is 12.8 Å². The van der Waals surface area contributed by atoms with Gasteiger partial charge in [-0.2, -0.15) is 11.8 Å². The Kier molecular flexibility index (Phi) is 4.07. The van der Waals surface area contributed by atoms with Gasteiger partial charge >= 0.3 is 0 Å². The third-order valence-electron chi connectivity index (χ3n) is 3.72. The van der Waals surface area contributed by atoms with E-state index in [2.05, 4.69) is 0 Å². The Bertz CT molecular complexity index is 363. The van der Waals surface area contributed by atoms with Crippen LogP contribution in [0.1, 0.15) is 25.7 Å². The molecule has 1 saturated heterocycles. The van der Waals surface area contributed by atoms with E-state index in [1.54, 1.807) is 11.8 Å². The first kappa shape index (κ1) is 13.6. The van der Waals surface area contributed by atoms with Crippen molar-refractivity contribution in [3.05, 3.63) is 0 Å². The van der Waals surface area contributed by atoms with Gasteiger partial charge in [-0.25, -0.2) is 8.42 Å². The van der Waals surface area contributed by atoms with Crippen molar-refractivity contribution in [3.63, 3.8) is 0 Å². The smallest absolute Gasteiger partial charge is 0.164 e. The van der Waals surface area contributed by atoms with Gasteiger partial charge in [0.2, 0.25) is 0 Å². The third-order valence-corrected chi connectivity index (χ3v) is 6.40. The summed E-state index contributed by atoms with van der Waals surface area (Å²) in [6.07, 6.45) is 5.04. The van der Waals surface area contributed by atoms with Crippen LogP contribution in [0.3, 0.4) is 0 Å². The molecule has 100 valence electrons. The number of sulfone groups is 1. The second kappa shape index (κ2) is 5.07. The van der Waals surface area contributed by atoms with Gasteiger partial charge in [0.05, 0.1) is 5.60 Å². The number of aliphatic hydroxyl groups is 1. The fourth-order valence-electron chi connectivity index (χ4n) is 2.76. The summed E-state index contributed by atoms with van der Waals surface area (Å²) in [4.78, 5) is 1.97. The Balaban J connectivity index is 2.06. The summed E-state index contributed by atoms with van der Waals surface area (Å²) in [5, 5.41) is 9.97. The average molecular weight is 279 g/mol. The minimum absolute atomic E-state index is 0.411. The maximum atomic E-state index is 11.7. The van der Waals surface area contributed by atoms with Crippen LogP contribution in [0, 0.1) is 0 Å². The lowest BCUT2D eigenvalue weighted by Gasteiger charge is -2.38. The standard InChI is InChI=1S/C11H21NO3S2/c1-17(14,15)10-8-16-7-6-12(10)9-11(13)4-2-3-5-11/h10,13H,2-9H2,1H3. The molecular formula is C11H21NO3S2. The molecule has 1 aliphatic heterocycles. The lowest BCUT2D eigenvalue weighted by Crippen LogP contribution is -2.52. The van der Waals surface area contributed by atoms with E-state index < -0.39 is 20.8 Å². The number of rotatable bonds is 3. The van der Waals surface area contributed by atoms with Crippen molar-refractivity contribution in [2.75, 3.05) is 30.9 Å². The lowest BCUT2D eigenvalue weighted by atomic mass is 10.0. The lowest BCUT2D eigenvalue weighted by molar-refractivity contribution is 0.00826. The topological polar surface area (TPSA) is 57.6 Å². The second-order valence-electron chi connectivity index (χ2n) is 5.26. The monoisotopic (exact) mass is 279 g/mol. The molecule has 2 aliphatic rings. The predicted octanol–water partition coefficient (Wildman–Crippen LogP) is 0.711. The minimum Gasteiger partial charge on any atom is -0.389 e. The molecule has 0 aromatic heterocycles. The number of hydrogen-bond acceptors (Lipinski definition) is 5. The van der Waals surface area contributed by atoms with Crippen LogP contribution in [-0.4, -0.2) is 60.3 Å². The van der Waals surface area contributed by atoms with Gasteiger partial charge in [0.25, 0.3) is 0 Å². The van der Waals surface area contributed by atoms with Gasteiger partial charge in [0, 0.05) is 30.9 Å². The summed E-state index contributed by atoms with van der Waals surface area (Å²) in [5.74, 6) is 1.59. The Morgan fingerprint density at radius 2 is 2.06 bits per heavy atom. The molecule has 4 nitrogen and oxygen atoms in total. The Morgan fingerprint density at radius 3 is 2.65 bits per heavy atom. The largest absolute Gasteiger partial charge is 0.389 e. The van der Waals surface area contributed by atoms with Crippen LogP contribution in [-0.2, 0) is 9.84 Å². The average Bonchev–Trinajstić information content (AvgIpc) is 2.64.